The van der Waals surface area contributed by atoms with E-state index in [-0.39, 0.29) is 17.1 Å². The van der Waals surface area contributed by atoms with Crippen LogP contribution in [-0.2, 0) is 11.2 Å². The summed E-state index contributed by atoms with van der Waals surface area (Å²) >= 11 is 0. The molecule has 5 N–H and O–H groups in total. The normalized spacial score (nSPS) is 11.8. The van der Waals surface area contributed by atoms with Crippen LogP contribution < -0.4 is 16.6 Å². The van der Waals surface area contributed by atoms with E-state index < -0.39 is 11.9 Å². The number of aromatic hydroxyl groups is 1. The van der Waals surface area contributed by atoms with Crippen molar-refractivity contribution in [2.24, 2.45) is 5.73 Å². The van der Waals surface area contributed by atoms with Crippen molar-refractivity contribution < 1.29 is 9.90 Å². The first kappa shape index (κ1) is 13.8. The molecule has 7 nitrogen and oxygen atoms in total. The summed E-state index contributed by atoms with van der Waals surface area (Å²) in [6.45, 7) is 0. The monoisotopic (exact) mass is 274 g/mol. The molecule has 0 aliphatic rings. The number of benzene rings is 1. The second kappa shape index (κ2) is 5.98. The van der Waals surface area contributed by atoms with Gasteiger partial charge in [0.05, 0.1) is 6.04 Å². The molecular weight excluding hydrogens is 260 g/mol. The number of hydrogen-bond acceptors (Lipinski definition) is 5. The lowest BCUT2D eigenvalue weighted by Gasteiger charge is -2.11. The van der Waals surface area contributed by atoms with Gasteiger partial charge in [-0.25, -0.2) is 5.10 Å². The minimum Gasteiger partial charge on any atom is -0.508 e. The van der Waals surface area contributed by atoms with E-state index in [1.54, 1.807) is 12.1 Å². The number of nitrogens with two attached hydrogens (primary N) is 1. The van der Waals surface area contributed by atoms with Gasteiger partial charge in [-0.05, 0) is 30.2 Å². The van der Waals surface area contributed by atoms with E-state index in [1.165, 1.54) is 24.3 Å². The van der Waals surface area contributed by atoms with Crippen LogP contribution in [0.25, 0.3) is 0 Å². The molecule has 20 heavy (non-hydrogen) atoms. The van der Waals surface area contributed by atoms with Gasteiger partial charge >= 0.3 is 0 Å². The molecule has 0 bridgehead atoms. The maximum absolute atomic E-state index is 11.9. The number of amides is 1. The molecule has 1 atom stereocenters. The number of nitrogens with one attached hydrogen (secondary N) is 2. The highest BCUT2D eigenvalue weighted by Crippen LogP contribution is 2.11. The minimum atomic E-state index is -0.756. The Morgan fingerprint density at radius 2 is 2.00 bits per heavy atom. The Hall–Kier alpha value is -2.67. The van der Waals surface area contributed by atoms with E-state index in [9.17, 15) is 9.59 Å². The summed E-state index contributed by atoms with van der Waals surface area (Å²) in [6, 6.07) is 8.35. The van der Waals surface area contributed by atoms with Crippen LogP contribution in [0.2, 0.25) is 0 Å². The van der Waals surface area contributed by atoms with E-state index in [0.717, 1.165) is 5.56 Å². The second-order valence-corrected chi connectivity index (χ2v) is 4.27. The van der Waals surface area contributed by atoms with Crippen molar-refractivity contribution in [3.63, 3.8) is 0 Å². The van der Waals surface area contributed by atoms with Crippen LogP contribution in [0, 0.1) is 0 Å². The van der Waals surface area contributed by atoms with Crippen molar-refractivity contribution in [1.82, 2.24) is 10.2 Å². The van der Waals surface area contributed by atoms with Gasteiger partial charge in [0, 0.05) is 6.07 Å². The number of phenols is 1. The van der Waals surface area contributed by atoms with Gasteiger partial charge in [-0.1, -0.05) is 12.1 Å². The number of phenolic OH excluding ortho intramolecular Hbond substituents is 1. The van der Waals surface area contributed by atoms with E-state index >= 15 is 0 Å². The maximum Gasteiger partial charge on any atom is 0.264 e. The molecule has 7 heteroatoms. The van der Waals surface area contributed by atoms with Crippen LogP contribution in [0.3, 0.4) is 0 Å². The Kier molecular flexibility index (Phi) is 4.11. The first-order valence-corrected chi connectivity index (χ1v) is 5.94. The predicted molar refractivity (Wildman–Crippen MR) is 73.3 cm³/mol. The summed E-state index contributed by atoms with van der Waals surface area (Å²) in [5, 5.41) is 17.5. The van der Waals surface area contributed by atoms with Crippen molar-refractivity contribution >= 4 is 11.7 Å². The number of rotatable bonds is 4. The minimum absolute atomic E-state index is 0.157. The summed E-state index contributed by atoms with van der Waals surface area (Å²) in [5.74, 6) is -0.0161. The van der Waals surface area contributed by atoms with Gasteiger partial charge in [0.2, 0.25) is 5.91 Å². The lowest BCUT2D eigenvalue weighted by atomic mass is 10.1. The van der Waals surface area contributed by atoms with Crippen LogP contribution in [0.4, 0.5) is 5.82 Å². The average molecular weight is 274 g/mol. The first-order chi connectivity index (χ1) is 9.54. The highest BCUT2D eigenvalue weighted by Gasteiger charge is 2.14. The van der Waals surface area contributed by atoms with Gasteiger partial charge in [-0.3, -0.25) is 9.59 Å². The average Bonchev–Trinajstić information content (AvgIpc) is 2.44. The molecule has 104 valence electrons. The zero-order chi connectivity index (χ0) is 14.5. The zero-order valence-corrected chi connectivity index (χ0v) is 10.5. The number of nitrogens with zero attached hydrogens (tertiary/aromatic N) is 1. The quantitative estimate of drug-likeness (QED) is 0.624. The predicted octanol–water partition coefficient (Wildman–Crippen LogP) is -0.0160. The molecule has 0 aliphatic carbocycles. The van der Waals surface area contributed by atoms with Gasteiger partial charge in [0.25, 0.3) is 5.56 Å². The van der Waals surface area contributed by atoms with Crippen molar-refractivity contribution in [2.75, 3.05) is 5.32 Å². The van der Waals surface area contributed by atoms with E-state index in [1.807, 2.05) is 0 Å². The number of aromatic amines is 1. The third-order valence-electron chi connectivity index (χ3n) is 2.66. The number of H-pyrrole nitrogens is 1. The van der Waals surface area contributed by atoms with Crippen LogP contribution in [0.1, 0.15) is 5.56 Å². The van der Waals surface area contributed by atoms with Gasteiger partial charge in [0.15, 0.2) is 5.82 Å². The molecule has 2 aromatic rings. The molecule has 2 rings (SSSR count). The van der Waals surface area contributed by atoms with Crippen molar-refractivity contribution in [3.05, 3.63) is 52.3 Å². The molecule has 1 aromatic carbocycles. The Bertz CT molecular complexity index is 631. The fourth-order valence-electron chi connectivity index (χ4n) is 1.61. The van der Waals surface area contributed by atoms with Crippen molar-refractivity contribution in [2.45, 2.75) is 12.5 Å². The van der Waals surface area contributed by atoms with Crippen molar-refractivity contribution in [1.29, 1.82) is 0 Å². The molecule has 0 saturated heterocycles. The molecule has 0 saturated carbocycles. The fraction of sp³-hybridized carbons (Fsp3) is 0.154. The van der Waals surface area contributed by atoms with Crippen LogP contribution in [0.15, 0.2) is 41.2 Å². The number of hydrogen-bond donors (Lipinski definition) is 4. The molecule has 0 radical (unpaired) electrons. The van der Waals surface area contributed by atoms with E-state index in [4.69, 9.17) is 10.8 Å². The Labute approximate surface area is 114 Å². The molecule has 1 aromatic heterocycles. The summed E-state index contributed by atoms with van der Waals surface area (Å²) in [4.78, 5) is 22.7. The molecule has 0 spiro atoms. The molecular formula is C13H14N4O3. The third kappa shape index (κ3) is 3.66. The third-order valence-corrected chi connectivity index (χ3v) is 2.66. The largest absolute Gasteiger partial charge is 0.508 e. The summed E-state index contributed by atoms with van der Waals surface area (Å²) in [6.07, 6.45) is 0.329. The summed E-state index contributed by atoms with van der Waals surface area (Å²) in [7, 11) is 0. The van der Waals surface area contributed by atoms with Crippen LogP contribution in [0.5, 0.6) is 5.75 Å². The van der Waals surface area contributed by atoms with E-state index in [0.29, 0.717) is 6.42 Å². The molecule has 1 heterocycles. The topological polar surface area (TPSA) is 121 Å². The number of aromatic nitrogens is 2. The van der Waals surface area contributed by atoms with Crippen molar-refractivity contribution in [3.8, 4) is 5.75 Å². The Morgan fingerprint density at radius 1 is 1.30 bits per heavy atom. The van der Waals surface area contributed by atoms with Gasteiger partial charge in [0.1, 0.15) is 5.75 Å². The number of carbonyl (C=O) groups excluding carboxylic acids is 1. The lowest BCUT2D eigenvalue weighted by Crippen LogP contribution is -2.37. The van der Waals surface area contributed by atoms with Gasteiger partial charge in [-0.15, -0.1) is 0 Å². The zero-order valence-electron chi connectivity index (χ0n) is 10.5. The maximum atomic E-state index is 11.9. The standard InChI is InChI=1S/C13H14N4O3/c14-10(7-8-1-3-9(18)4-2-8)13(20)15-11-5-6-12(19)17-16-11/h1-6,10,18H,7,14H2,(H,17,19)(H,15,16,20)/t10-/m0/s1. The summed E-state index contributed by atoms with van der Waals surface area (Å²) < 4.78 is 0. The first-order valence-electron chi connectivity index (χ1n) is 5.94. The molecule has 0 unspecified atom stereocenters. The van der Waals surface area contributed by atoms with Gasteiger partial charge in [-0.2, -0.15) is 5.10 Å². The van der Waals surface area contributed by atoms with Gasteiger partial charge < -0.3 is 16.2 Å². The lowest BCUT2D eigenvalue weighted by molar-refractivity contribution is -0.117. The van der Waals surface area contributed by atoms with E-state index in [2.05, 4.69) is 15.5 Å². The number of anilines is 1. The summed E-state index contributed by atoms with van der Waals surface area (Å²) in [5.41, 5.74) is 6.27. The Morgan fingerprint density at radius 3 is 2.60 bits per heavy atom. The number of carbonyl (C=O) groups is 1. The SMILES string of the molecule is N[C@@H](Cc1ccc(O)cc1)C(=O)Nc1ccc(=O)[nH]n1. The highest BCUT2D eigenvalue weighted by molar-refractivity contribution is 5.93. The highest BCUT2D eigenvalue weighted by atomic mass is 16.3. The Balaban J connectivity index is 1.96. The molecule has 1 amide bonds. The van der Waals surface area contributed by atoms with Crippen LogP contribution in [-0.4, -0.2) is 27.3 Å². The smallest absolute Gasteiger partial charge is 0.264 e. The molecule has 0 fully saturated rings. The molecule has 0 aliphatic heterocycles. The fourth-order valence-corrected chi connectivity index (χ4v) is 1.61. The second-order valence-electron chi connectivity index (χ2n) is 4.27. The van der Waals surface area contributed by atoms with Crippen LogP contribution >= 0.6 is 0 Å².